The molecule has 1 aliphatic carbocycles. The van der Waals surface area contributed by atoms with E-state index in [1.54, 1.807) is 0 Å². The van der Waals surface area contributed by atoms with E-state index >= 15 is 0 Å². The van der Waals surface area contributed by atoms with Gasteiger partial charge < -0.3 is 5.73 Å². The van der Waals surface area contributed by atoms with Gasteiger partial charge >= 0.3 is 0 Å². The Morgan fingerprint density at radius 3 is 2.45 bits per heavy atom. The molecule has 0 aliphatic heterocycles. The second-order valence-electron chi connectivity index (χ2n) is 7.92. The second-order valence-corrected chi connectivity index (χ2v) is 8.98. The van der Waals surface area contributed by atoms with Crippen molar-refractivity contribution < 1.29 is 0 Å². The third kappa shape index (κ3) is 3.54. The molecule has 0 radical (unpaired) electrons. The van der Waals surface area contributed by atoms with Crippen LogP contribution >= 0.6 is 11.8 Å². The van der Waals surface area contributed by atoms with E-state index in [-0.39, 0.29) is 0 Å². The Hall–Kier alpha value is -3.36. The van der Waals surface area contributed by atoms with Gasteiger partial charge in [0.1, 0.15) is 11.1 Å². The third-order valence-electron chi connectivity index (χ3n) is 5.83. The normalized spacial score (nSPS) is 13.0. The van der Waals surface area contributed by atoms with E-state index in [4.69, 9.17) is 15.7 Å². The maximum Gasteiger partial charge on any atom is 0.163 e. The summed E-state index contributed by atoms with van der Waals surface area (Å²) in [5.74, 6) is 0. The number of pyridine rings is 2. The van der Waals surface area contributed by atoms with Crippen LogP contribution in [0.4, 0.5) is 5.69 Å². The van der Waals surface area contributed by atoms with Crippen LogP contribution < -0.4 is 5.73 Å². The first-order valence-electron chi connectivity index (χ1n) is 10.5. The van der Waals surface area contributed by atoms with Crippen LogP contribution in [0.5, 0.6) is 0 Å². The van der Waals surface area contributed by atoms with Crippen molar-refractivity contribution in [2.75, 3.05) is 5.73 Å². The van der Waals surface area contributed by atoms with Crippen LogP contribution in [0.3, 0.4) is 0 Å². The monoisotopic (exact) mass is 422 g/mol. The van der Waals surface area contributed by atoms with Crippen LogP contribution in [-0.4, -0.2) is 9.97 Å². The molecule has 2 aromatic heterocycles. The van der Waals surface area contributed by atoms with Crippen molar-refractivity contribution in [1.82, 2.24) is 9.97 Å². The lowest BCUT2D eigenvalue weighted by atomic mass is 9.90. The summed E-state index contributed by atoms with van der Waals surface area (Å²) >= 11 is 1.50. The number of nitrogens with two attached hydrogens (primary N) is 1. The van der Waals surface area contributed by atoms with Crippen LogP contribution in [0.15, 0.2) is 64.5 Å². The van der Waals surface area contributed by atoms with Gasteiger partial charge in [0, 0.05) is 21.8 Å². The Balaban J connectivity index is 1.82. The Labute approximate surface area is 186 Å². The van der Waals surface area contributed by atoms with E-state index in [0.29, 0.717) is 16.2 Å². The average molecular weight is 423 g/mol. The first kappa shape index (κ1) is 19.6. The summed E-state index contributed by atoms with van der Waals surface area (Å²) in [6.07, 6.45) is 4.10. The van der Waals surface area contributed by atoms with Crippen LogP contribution in [-0.2, 0) is 12.8 Å². The van der Waals surface area contributed by atoms with Crippen LogP contribution in [0.2, 0.25) is 0 Å². The molecular weight excluding hydrogens is 400 g/mol. The van der Waals surface area contributed by atoms with E-state index < -0.39 is 0 Å². The fourth-order valence-electron chi connectivity index (χ4n) is 4.26. The van der Waals surface area contributed by atoms with E-state index in [9.17, 15) is 5.26 Å². The lowest BCUT2D eigenvalue weighted by molar-refractivity contribution is 0.672. The van der Waals surface area contributed by atoms with E-state index in [1.807, 2.05) is 30.3 Å². The number of nitrogen functional groups attached to an aromatic ring is 1. The Kier molecular flexibility index (Phi) is 5.09. The number of hydrogen-bond acceptors (Lipinski definition) is 5. The lowest BCUT2D eigenvalue weighted by Crippen LogP contribution is -2.11. The predicted octanol–water partition coefficient (Wildman–Crippen LogP) is 6.09. The van der Waals surface area contributed by atoms with Gasteiger partial charge in [-0.3, -0.25) is 0 Å². The van der Waals surface area contributed by atoms with E-state index in [0.717, 1.165) is 64.0 Å². The van der Waals surface area contributed by atoms with Crippen molar-refractivity contribution in [3.05, 3.63) is 77.0 Å². The van der Waals surface area contributed by atoms with Gasteiger partial charge in [0.2, 0.25) is 0 Å². The van der Waals surface area contributed by atoms with Crippen molar-refractivity contribution >= 4 is 28.5 Å². The maximum atomic E-state index is 10.2. The molecule has 0 atom stereocenters. The second kappa shape index (κ2) is 8.05. The van der Waals surface area contributed by atoms with Crippen molar-refractivity contribution in [3.8, 4) is 17.2 Å². The molecule has 0 amide bonds. The summed E-state index contributed by atoms with van der Waals surface area (Å²) in [4.78, 5) is 10.8. The van der Waals surface area contributed by atoms with Gasteiger partial charge in [-0.1, -0.05) is 59.8 Å². The highest BCUT2D eigenvalue weighted by molar-refractivity contribution is 7.99. The van der Waals surface area contributed by atoms with Crippen LogP contribution in [0.1, 0.15) is 35.2 Å². The van der Waals surface area contributed by atoms with Gasteiger partial charge in [0.25, 0.3) is 0 Å². The zero-order chi connectivity index (χ0) is 21.4. The van der Waals surface area contributed by atoms with Gasteiger partial charge in [-0.25, -0.2) is 9.97 Å². The van der Waals surface area contributed by atoms with Gasteiger partial charge in [-0.15, -0.1) is 0 Å². The van der Waals surface area contributed by atoms with Crippen molar-refractivity contribution in [1.29, 1.82) is 5.26 Å². The molecular formula is C26H22N4S. The Bertz CT molecular complexity index is 1320. The van der Waals surface area contributed by atoms with Crippen molar-refractivity contribution in [2.45, 2.75) is 42.5 Å². The Morgan fingerprint density at radius 2 is 1.71 bits per heavy atom. The molecule has 0 fully saturated rings. The van der Waals surface area contributed by atoms with Crippen LogP contribution in [0, 0.1) is 18.3 Å². The molecule has 0 spiro atoms. The lowest BCUT2D eigenvalue weighted by Gasteiger charge is -2.21. The topological polar surface area (TPSA) is 75.6 Å². The minimum absolute atomic E-state index is 0.550. The molecule has 2 heterocycles. The molecule has 2 aromatic carbocycles. The molecule has 2 N–H and O–H groups in total. The first-order chi connectivity index (χ1) is 15.2. The standard InChI is InChI=1S/C26H22N4S/c1-16-11-13-18(14-12-16)31-26-20(15-27)22(17-7-3-2-4-8-17)23-24(28)19-9-5-6-10-21(19)29-25(23)30-26/h2-4,7-8,11-14H,5-6,9-10H2,1H3,(H2,28,29,30). The molecule has 0 bridgehead atoms. The quantitative estimate of drug-likeness (QED) is 0.432. The van der Waals surface area contributed by atoms with Crippen LogP contribution in [0.25, 0.3) is 22.2 Å². The van der Waals surface area contributed by atoms with Gasteiger partial charge in [0.05, 0.1) is 10.9 Å². The zero-order valence-corrected chi connectivity index (χ0v) is 18.2. The highest BCUT2D eigenvalue weighted by atomic mass is 32.2. The molecule has 31 heavy (non-hydrogen) atoms. The highest BCUT2D eigenvalue weighted by Gasteiger charge is 2.24. The summed E-state index contributed by atoms with van der Waals surface area (Å²) in [5.41, 5.74) is 13.8. The number of nitrogens with zero attached hydrogens (tertiary/aromatic N) is 3. The summed E-state index contributed by atoms with van der Waals surface area (Å²) < 4.78 is 0. The van der Waals surface area contributed by atoms with Gasteiger partial charge in [-0.2, -0.15) is 5.26 Å². The predicted molar refractivity (Wildman–Crippen MR) is 126 cm³/mol. The summed E-state index contributed by atoms with van der Waals surface area (Å²) in [5, 5.41) is 11.7. The number of fused-ring (bicyclic) bond motifs is 2. The number of nitriles is 1. The first-order valence-corrected chi connectivity index (χ1v) is 11.3. The molecule has 0 saturated heterocycles. The molecule has 4 nitrogen and oxygen atoms in total. The summed E-state index contributed by atoms with van der Waals surface area (Å²) in [6, 6.07) is 20.7. The van der Waals surface area contributed by atoms with E-state index in [1.165, 1.54) is 17.3 Å². The zero-order valence-electron chi connectivity index (χ0n) is 17.4. The largest absolute Gasteiger partial charge is 0.398 e. The summed E-state index contributed by atoms with van der Waals surface area (Å²) in [6.45, 7) is 2.06. The molecule has 5 rings (SSSR count). The van der Waals surface area contributed by atoms with E-state index in [2.05, 4.69) is 37.3 Å². The van der Waals surface area contributed by atoms with Crippen molar-refractivity contribution in [2.24, 2.45) is 0 Å². The fraction of sp³-hybridized carbons (Fsp3) is 0.192. The number of aromatic nitrogens is 2. The molecule has 0 unspecified atom stereocenters. The average Bonchev–Trinajstić information content (AvgIpc) is 2.80. The number of hydrogen-bond donors (Lipinski definition) is 1. The fourth-order valence-corrected chi connectivity index (χ4v) is 5.14. The third-order valence-corrected chi connectivity index (χ3v) is 6.83. The molecule has 0 saturated carbocycles. The number of benzene rings is 2. The number of aryl methyl sites for hydroxylation is 2. The smallest absolute Gasteiger partial charge is 0.163 e. The van der Waals surface area contributed by atoms with Crippen molar-refractivity contribution in [3.63, 3.8) is 0 Å². The number of rotatable bonds is 3. The highest BCUT2D eigenvalue weighted by Crippen LogP contribution is 2.42. The molecule has 4 aromatic rings. The number of anilines is 1. The Morgan fingerprint density at radius 1 is 0.968 bits per heavy atom. The molecule has 152 valence electrons. The van der Waals surface area contributed by atoms with Gasteiger partial charge in [0.15, 0.2) is 5.65 Å². The molecule has 1 aliphatic rings. The minimum atomic E-state index is 0.550. The SMILES string of the molecule is Cc1ccc(Sc2nc3nc4c(c(N)c3c(-c3ccccc3)c2C#N)CCCC4)cc1. The summed E-state index contributed by atoms with van der Waals surface area (Å²) in [7, 11) is 0. The molecule has 5 heteroatoms. The van der Waals surface area contributed by atoms with Gasteiger partial charge in [-0.05, 0) is 55.9 Å². The minimum Gasteiger partial charge on any atom is -0.398 e. The maximum absolute atomic E-state index is 10.2.